The van der Waals surface area contributed by atoms with E-state index in [2.05, 4.69) is 17.0 Å². The Morgan fingerprint density at radius 3 is 1.48 bits per heavy atom. The third kappa shape index (κ3) is 11.4. The Morgan fingerprint density at radius 2 is 1.03 bits per heavy atom. The molecule has 2 unspecified atom stereocenters. The Balaban J connectivity index is 0.000000184. The van der Waals surface area contributed by atoms with Crippen molar-refractivity contribution in [3.05, 3.63) is 140 Å². The maximum atomic E-state index is 13.5. The molecule has 4 aromatic rings. The average Bonchev–Trinajstić information content (AvgIpc) is 3.21. The summed E-state index contributed by atoms with van der Waals surface area (Å²) in [4.78, 5) is 18.2. The fraction of sp³-hybridized carbons (Fsp3) is 0.500. The van der Waals surface area contributed by atoms with E-state index in [1.807, 2.05) is 41.3 Å². The first-order valence-electron chi connectivity index (χ1n) is 22.0. The van der Waals surface area contributed by atoms with E-state index in [-0.39, 0.29) is 11.3 Å². The summed E-state index contributed by atoms with van der Waals surface area (Å²) < 4.78 is 76.4. The third-order valence-corrected chi connectivity index (χ3v) is 14.5. The molecule has 328 valence electrons. The summed E-state index contributed by atoms with van der Waals surface area (Å²) in [6.45, 7) is 4.85. The smallest absolute Gasteiger partial charge is 0.342 e. The van der Waals surface area contributed by atoms with Gasteiger partial charge in [-0.3, -0.25) is 4.79 Å². The number of alkyl halides is 6. The van der Waals surface area contributed by atoms with E-state index in [1.165, 1.54) is 49.8 Å². The van der Waals surface area contributed by atoms with Gasteiger partial charge in [0.2, 0.25) is 5.91 Å². The number of amides is 1. The second-order valence-corrected chi connectivity index (χ2v) is 18.9. The van der Waals surface area contributed by atoms with Crippen LogP contribution in [0, 0.1) is 11.8 Å². The number of hydrogen-bond acceptors (Lipinski definition) is 2. The maximum absolute atomic E-state index is 13.5. The van der Waals surface area contributed by atoms with Crippen molar-refractivity contribution in [2.45, 2.75) is 113 Å². The number of halogens is 8. The Hall–Kier alpha value is -3.53. The fourth-order valence-corrected chi connectivity index (χ4v) is 10.3. The summed E-state index contributed by atoms with van der Waals surface area (Å²) in [6, 6.07) is 27.1. The van der Waals surface area contributed by atoms with Gasteiger partial charge < -0.3 is 9.80 Å². The molecular formula is C50H56Cl2F6N2O. The number of aryl methyl sites for hydroxylation is 2. The molecule has 0 aromatic heterocycles. The van der Waals surface area contributed by atoms with Gasteiger partial charge in [-0.25, -0.2) is 0 Å². The monoisotopic (exact) mass is 884 g/mol. The number of carbonyl (C=O) groups excluding carboxylic acids is 1. The Bertz CT molecular complexity index is 2030. The molecule has 4 aromatic carbocycles. The maximum Gasteiger partial charge on any atom is 0.416 e. The molecule has 4 aliphatic rings. The standard InChI is InChI=1S/C25H27ClF3NO.C25H29ClF3N/c26-22-12-10-20(11-13-22)24(14-2-15-24)23(31)30-16-1-3-19(17-30)5-4-18-6-8-21(9-7-18)25(27,28)29;26-23-12-10-21(11-13-23)24(14-2-15-24)18-30-16-1-3-20(17-30)5-4-19-6-8-22(9-7-19)25(27,28)29/h6-13,19H,1-5,14-17H2;6-13,20H,1-5,14-18H2. The molecule has 0 radical (unpaired) electrons. The predicted octanol–water partition coefficient (Wildman–Crippen LogP) is 13.8. The number of piperidine rings is 2. The van der Waals surface area contributed by atoms with Crippen LogP contribution in [0.5, 0.6) is 0 Å². The summed E-state index contributed by atoms with van der Waals surface area (Å²) in [5.74, 6) is 1.21. The van der Waals surface area contributed by atoms with Crippen LogP contribution in [0.1, 0.15) is 110 Å². The van der Waals surface area contributed by atoms with Crippen molar-refractivity contribution < 1.29 is 31.1 Å². The number of rotatable bonds is 11. The summed E-state index contributed by atoms with van der Waals surface area (Å²) in [7, 11) is 0. The SMILES string of the molecule is FC(F)(F)c1ccc(CCC2CCCN(CC3(c4ccc(Cl)cc4)CCC3)C2)cc1.O=C(N1CCCC(CCc2ccc(C(F)(F)F)cc2)C1)C1(c2ccc(Cl)cc2)CCC1. The highest BCUT2D eigenvalue weighted by Crippen LogP contribution is 2.47. The number of hydrogen-bond donors (Lipinski definition) is 0. The van der Waals surface area contributed by atoms with Gasteiger partial charge in [0.1, 0.15) is 0 Å². The normalized spacial score (nSPS) is 21.4. The van der Waals surface area contributed by atoms with Crippen molar-refractivity contribution >= 4 is 29.1 Å². The van der Waals surface area contributed by atoms with Gasteiger partial charge in [0.05, 0.1) is 16.5 Å². The van der Waals surface area contributed by atoms with Crippen LogP contribution < -0.4 is 0 Å². The summed E-state index contributed by atoms with van der Waals surface area (Å²) in [5, 5.41) is 1.46. The lowest BCUT2D eigenvalue weighted by atomic mass is 9.63. The average molecular weight is 886 g/mol. The minimum absolute atomic E-state index is 0.223. The highest BCUT2D eigenvalue weighted by atomic mass is 35.5. The van der Waals surface area contributed by atoms with Crippen LogP contribution >= 0.6 is 23.2 Å². The van der Waals surface area contributed by atoms with Crippen molar-refractivity contribution in [3.8, 4) is 0 Å². The first-order chi connectivity index (χ1) is 29.1. The predicted molar refractivity (Wildman–Crippen MR) is 232 cm³/mol. The van der Waals surface area contributed by atoms with Crippen LogP contribution in [0.2, 0.25) is 10.0 Å². The minimum Gasteiger partial charge on any atom is -0.342 e. The van der Waals surface area contributed by atoms with E-state index in [0.29, 0.717) is 16.9 Å². The molecular weight excluding hydrogens is 829 g/mol. The Kier molecular flexibility index (Phi) is 14.5. The van der Waals surface area contributed by atoms with Gasteiger partial charge in [-0.2, -0.15) is 26.3 Å². The molecule has 61 heavy (non-hydrogen) atoms. The second kappa shape index (κ2) is 19.5. The molecule has 2 saturated heterocycles. The second-order valence-electron chi connectivity index (χ2n) is 18.1. The Morgan fingerprint density at radius 1 is 0.574 bits per heavy atom. The van der Waals surface area contributed by atoms with E-state index in [4.69, 9.17) is 23.2 Å². The molecule has 4 fully saturated rings. The fourth-order valence-electron chi connectivity index (χ4n) is 10.1. The quantitative estimate of drug-likeness (QED) is 0.140. The molecule has 11 heteroatoms. The molecule has 2 aliphatic heterocycles. The largest absolute Gasteiger partial charge is 0.416 e. The van der Waals surface area contributed by atoms with E-state index in [0.717, 1.165) is 124 Å². The molecule has 3 nitrogen and oxygen atoms in total. The first kappa shape index (κ1) is 45.5. The van der Waals surface area contributed by atoms with Crippen molar-refractivity contribution in [2.24, 2.45) is 11.8 Å². The van der Waals surface area contributed by atoms with Crippen molar-refractivity contribution in [2.75, 3.05) is 32.7 Å². The molecule has 2 aliphatic carbocycles. The van der Waals surface area contributed by atoms with E-state index >= 15 is 0 Å². The highest BCUT2D eigenvalue weighted by molar-refractivity contribution is 6.30. The van der Waals surface area contributed by atoms with Gasteiger partial charge in [0.25, 0.3) is 0 Å². The van der Waals surface area contributed by atoms with E-state index < -0.39 is 28.9 Å². The zero-order valence-corrected chi connectivity index (χ0v) is 36.2. The number of carbonyl (C=O) groups is 1. The van der Waals surface area contributed by atoms with Gasteiger partial charge in [0.15, 0.2) is 0 Å². The van der Waals surface area contributed by atoms with Gasteiger partial charge in [-0.05, 0) is 166 Å². The number of benzene rings is 4. The lowest BCUT2D eigenvalue weighted by Gasteiger charge is -2.47. The van der Waals surface area contributed by atoms with Crippen LogP contribution in [-0.2, 0) is 40.8 Å². The van der Waals surface area contributed by atoms with Crippen molar-refractivity contribution in [1.82, 2.24) is 9.80 Å². The summed E-state index contributed by atoms with van der Waals surface area (Å²) >= 11 is 12.1. The van der Waals surface area contributed by atoms with Gasteiger partial charge in [-0.1, -0.05) is 84.6 Å². The molecule has 0 spiro atoms. The van der Waals surface area contributed by atoms with Crippen LogP contribution in [0.15, 0.2) is 97.1 Å². The number of nitrogens with zero attached hydrogens (tertiary/aromatic N) is 2. The van der Waals surface area contributed by atoms with Crippen molar-refractivity contribution in [3.63, 3.8) is 0 Å². The lowest BCUT2D eigenvalue weighted by Crippen LogP contribution is -2.53. The highest BCUT2D eigenvalue weighted by Gasteiger charge is 2.48. The molecule has 0 N–H and O–H groups in total. The summed E-state index contributed by atoms with van der Waals surface area (Å²) in [5.41, 5.74) is 3.04. The van der Waals surface area contributed by atoms with E-state index in [1.54, 1.807) is 24.3 Å². The zero-order chi connectivity index (χ0) is 43.3. The third-order valence-electron chi connectivity index (χ3n) is 14.0. The molecule has 2 saturated carbocycles. The lowest BCUT2D eigenvalue weighted by molar-refractivity contribution is -0.143. The topological polar surface area (TPSA) is 23.6 Å². The molecule has 1 amide bonds. The Labute approximate surface area is 366 Å². The zero-order valence-electron chi connectivity index (χ0n) is 34.7. The first-order valence-corrected chi connectivity index (χ1v) is 22.7. The molecule has 2 atom stereocenters. The minimum atomic E-state index is -4.30. The molecule has 2 heterocycles. The van der Waals surface area contributed by atoms with E-state index in [9.17, 15) is 31.1 Å². The van der Waals surface area contributed by atoms with Gasteiger partial charge in [-0.15, -0.1) is 0 Å². The summed E-state index contributed by atoms with van der Waals surface area (Å²) in [6.07, 6.45) is 5.94. The van der Waals surface area contributed by atoms with Crippen LogP contribution in [0.4, 0.5) is 26.3 Å². The van der Waals surface area contributed by atoms with Gasteiger partial charge in [0, 0.05) is 41.6 Å². The van der Waals surface area contributed by atoms with Crippen LogP contribution in [-0.4, -0.2) is 48.4 Å². The van der Waals surface area contributed by atoms with Crippen LogP contribution in [0.3, 0.4) is 0 Å². The van der Waals surface area contributed by atoms with Crippen molar-refractivity contribution in [1.29, 1.82) is 0 Å². The van der Waals surface area contributed by atoms with Gasteiger partial charge >= 0.3 is 12.4 Å². The molecule has 8 rings (SSSR count). The number of likely N-dealkylation sites (tertiary alicyclic amines) is 2. The van der Waals surface area contributed by atoms with Crippen LogP contribution in [0.25, 0.3) is 0 Å². The molecule has 0 bridgehead atoms.